The highest BCUT2D eigenvalue weighted by Gasteiger charge is 2.16. The average Bonchev–Trinajstić information content (AvgIpc) is 3.09. The van der Waals surface area contributed by atoms with Crippen LogP contribution in [-0.4, -0.2) is 43.6 Å². The summed E-state index contributed by atoms with van der Waals surface area (Å²) in [7, 11) is 5.45. The van der Waals surface area contributed by atoms with Gasteiger partial charge in [-0.05, 0) is 24.6 Å². The Bertz CT molecular complexity index is 761. The highest BCUT2D eigenvalue weighted by Crippen LogP contribution is 2.31. The summed E-state index contributed by atoms with van der Waals surface area (Å²) in [6, 6.07) is 5.58. The van der Waals surface area contributed by atoms with E-state index in [1.54, 1.807) is 25.5 Å². The first-order chi connectivity index (χ1) is 12.9. The first-order valence-electron chi connectivity index (χ1n) is 8.70. The summed E-state index contributed by atoms with van der Waals surface area (Å²) in [4.78, 5) is 11.0. The largest absolute Gasteiger partial charge is 0.375 e. The number of aromatic nitrogens is 1. The molecule has 0 fully saturated rings. The molecule has 2 rings (SSSR count). The minimum Gasteiger partial charge on any atom is -0.375 e. The van der Waals surface area contributed by atoms with Crippen LogP contribution in [0.15, 0.2) is 28.6 Å². The van der Waals surface area contributed by atoms with Crippen LogP contribution in [0.1, 0.15) is 42.1 Å². The Kier molecular flexibility index (Phi) is 8.35. The molecule has 1 aromatic carbocycles. The number of nitrogens with zero attached hydrogens (tertiary/aromatic N) is 3. The number of hydrogen-bond acceptors (Lipinski definition) is 4. The van der Waals surface area contributed by atoms with Gasteiger partial charge in [0.05, 0.1) is 12.2 Å². The van der Waals surface area contributed by atoms with Crippen molar-refractivity contribution in [2.24, 2.45) is 4.99 Å². The maximum atomic E-state index is 6.31. The molecule has 0 bridgehead atoms. The highest BCUT2D eigenvalue weighted by molar-refractivity contribution is 7.09. The minimum atomic E-state index is 0.00714. The van der Waals surface area contributed by atoms with Crippen LogP contribution < -0.4 is 5.32 Å². The molecule has 8 heteroatoms. The van der Waals surface area contributed by atoms with Gasteiger partial charge in [0, 0.05) is 49.1 Å². The monoisotopic (exact) mass is 428 g/mol. The van der Waals surface area contributed by atoms with Crippen molar-refractivity contribution in [3.05, 3.63) is 49.9 Å². The first-order valence-corrected chi connectivity index (χ1v) is 10.3. The Balaban J connectivity index is 1.97. The van der Waals surface area contributed by atoms with Crippen LogP contribution in [0, 0.1) is 0 Å². The normalized spacial score (nSPS) is 14.1. The third-order valence-corrected chi connectivity index (χ3v) is 6.02. The Morgan fingerprint density at radius 1 is 1.33 bits per heavy atom. The fraction of sp³-hybridized carbons (Fsp3) is 0.474. The van der Waals surface area contributed by atoms with Crippen molar-refractivity contribution < 1.29 is 4.74 Å². The number of thiazole rings is 1. The van der Waals surface area contributed by atoms with Gasteiger partial charge in [0.15, 0.2) is 5.96 Å². The topological polar surface area (TPSA) is 49.8 Å². The molecule has 0 aliphatic carbocycles. The zero-order chi connectivity index (χ0) is 20.0. The van der Waals surface area contributed by atoms with E-state index in [4.69, 9.17) is 27.9 Å². The summed E-state index contributed by atoms with van der Waals surface area (Å²) < 4.78 is 5.33. The first kappa shape index (κ1) is 22.0. The molecule has 2 aromatic rings. The fourth-order valence-corrected chi connectivity index (χ4v) is 4.33. The lowest BCUT2D eigenvalue weighted by atomic mass is 10.0. The molecule has 0 spiro atoms. The summed E-state index contributed by atoms with van der Waals surface area (Å²) in [5.74, 6) is 0.934. The van der Waals surface area contributed by atoms with Gasteiger partial charge in [0.1, 0.15) is 11.1 Å². The van der Waals surface area contributed by atoms with Crippen molar-refractivity contribution in [3.63, 3.8) is 0 Å². The molecule has 0 aliphatic rings. The predicted octanol–water partition coefficient (Wildman–Crippen LogP) is 4.97. The van der Waals surface area contributed by atoms with Gasteiger partial charge in [-0.15, -0.1) is 11.3 Å². The lowest BCUT2D eigenvalue weighted by Crippen LogP contribution is -2.40. The van der Waals surface area contributed by atoms with E-state index in [9.17, 15) is 0 Å². The van der Waals surface area contributed by atoms with E-state index < -0.39 is 0 Å². The predicted molar refractivity (Wildman–Crippen MR) is 115 cm³/mol. The third-order valence-electron chi connectivity index (χ3n) is 4.30. The van der Waals surface area contributed by atoms with Crippen LogP contribution in [-0.2, 0) is 11.3 Å². The molecule has 5 nitrogen and oxygen atoms in total. The van der Waals surface area contributed by atoms with Crippen molar-refractivity contribution >= 4 is 40.5 Å². The van der Waals surface area contributed by atoms with E-state index >= 15 is 0 Å². The Morgan fingerprint density at radius 2 is 2.00 bits per heavy atom. The Hall–Kier alpha value is -1.34. The number of methoxy groups -OCH3 is 1. The summed E-state index contributed by atoms with van der Waals surface area (Å²) in [6.45, 7) is 5.41. The van der Waals surface area contributed by atoms with Crippen LogP contribution in [0.3, 0.4) is 0 Å². The molecule has 0 saturated heterocycles. The van der Waals surface area contributed by atoms with Gasteiger partial charge in [-0.1, -0.05) is 36.2 Å². The van der Waals surface area contributed by atoms with Crippen LogP contribution in [0.25, 0.3) is 0 Å². The number of guanidine groups is 1. The number of rotatable bonds is 7. The molecule has 1 N–H and O–H groups in total. The van der Waals surface area contributed by atoms with E-state index in [0.717, 1.165) is 22.2 Å². The van der Waals surface area contributed by atoms with Gasteiger partial charge in [-0.25, -0.2) is 4.98 Å². The second-order valence-electron chi connectivity index (χ2n) is 6.38. The van der Waals surface area contributed by atoms with Crippen molar-refractivity contribution in [1.82, 2.24) is 15.2 Å². The van der Waals surface area contributed by atoms with Crippen molar-refractivity contribution in [1.29, 1.82) is 0 Å². The van der Waals surface area contributed by atoms with Crippen molar-refractivity contribution in [3.8, 4) is 0 Å². The highest BCUT2D eigenvalue weighted by atomic mass is 35.5. The molecule has 148 valence electrons. The smallest absolute Gasteiger partial charge is 0.193 e. The number of ether oxygens (including phenoxy) is 1. The van der Waals surface area contributed by atoms with E-state index in [-0.39, 0.29) is 12.0 Å². The van der Waals surface area contributed by atoms with E-state index in [1.165, 1.54) is 0 Å². The third kappa shape index (κ3) is 5.82. The van der Waals surface area contributed by atoms with Gasteiger partial charge in [0.2, 0.25) is 0 Å². The molecule has 0 amide bonds. The van der Waals surface area contributed by atoms with Crippen LogP contribution in [0.2, 0.25) is 10.0 Å². The van der Waals surface area contributed by atoms with E-state index in [1.807, 2.05) is 37.1 Å². The van der Waals surface area contributed by atoms with E-state index in [0.29, 0.717) is 23.1 Å². The van der Waals surface area contributed by atoms with E-state index in [2.05, 4.69) is 27.6 Å². The zero-order valence-electron chi connectivity index (χ0n) is 16.3. The number of nitrogens with one attached hydrogen (secondary N) is 1. The van der Waals surface area contributed by atoms with Gasteiger partial charge in [0.25, 0.3) is 0 Å². The molecule has 0 saturated carbocycles. The molecule has 2 atom stereocenters. The number of hydrogen-bond donors (Lipinski definition) is 1. The molecule has 1 aromatic heterocycles. The lowest BCUT2D eigenvalue weighted by molar-refractivity contribution is 0.119. The van der Waals surface area contributed by atoms with Gasteiger partial charge < -0.3 is 15.0 Å². The average molecular weight is 429 g/mol. The minimum absolute atomic E-state index is 0.00714. The van der Waals surface area contributed by atoms with Crippen LogP contribution in [0.5, 0.6) is 0 Å². The summed E-state index contributed by atoms with van der Waals surface area (Å²) >= 11 is 14.2. The van der Waals surface area contributed by atoms with Crippen molar-refractivity contribution in [2.45, 2.75) is 32.4 Å². The standard InChI is InChI=1S/C19H26Cl2N4OS/c1-12(17-15(20)7-6-8-16(17)21)9-23-19(22-3)25(4)10-14-11-27-18(24-14)13(2)26-5/h6-8,11-13H,9-10H2,1-5H3,(H,22,23). The van der Waals surface area contributed by atoms with Crippen LogP contribution in [0.4, 0.5) is 0 Å². The zero-order valence-corrected chi connectivity index (χ0v) is 18.6. The molecule has 1 heterocycles. The summed E-state index contributed by atoms with van der Waals surface area (Å²) in [5.41, 5.74) is 1.94. The number of aliphatic imine (C=N–C) groups is 1. The summed E-state index contributed by atoms with van der Waals surface area (Å²) in [5, 5.41) is 7.79. The summed E-state index contributed by atoms with van der Waals surface area (Å²) in [6.07, 6.45) is 0.00714. The molecule has 27 heavy (non-hydrogen) atoms. The maximum Gasteiger partial charge on any atom is 0.193 e. The molecule has 0 radical (unpaired) electrons. The molecular formula is C19H26Cl2N4OS. The second kappa shape index (κ2) is 10.3. The maximum absolute atomic E-state index is 6.31. The second-order valence-corrected chi connectivity index (χ2v) is 8.08. The quantitative estimate of drug-likeness (QED) is 0.499. The lowest BCUT2D eigenvalue weighted by Gasteiger charge is -2.23. The Labute approximate surface area is 175 Å². The van der Waals surface area contributed by atoms with Gasteiger partial charge >= 0.3 is 0 Å². The fourth-order valence-electron chi connectivity index (χ4n) is 2.71. The number of benzene rings is 1. The molecule has 0 aliphatic heterocycles. The SMILES string of the molecule is CN=C(NCC(C)c1c(Cl)cccc1Cl)N(C)Cc1csc(C(C)OC)n1. The molecule has 2 unspecified atom stereocenters. The number of halogens is 2. The van der Waals surface area contributed by atoms with Gasteiger partial charge in [-0.3, -0.25) is 4.99 Å². The van der Waals surface area contributed by atoms with Crippen LogP contribution >= 0.6 is 34.5 Å². The molecular weight excluding hydrogens is 403 g/mol. The Morgan fingerprint density at radius 3 is 2.59 bits per heavy atom. The van der Waals surface area contributed by atoms with Gasteiger partial charge in [-0.2, -0.15) is 0 Å². The van der Waals surface area contributed by atoms with Crippen molar-refractivity contribution in [2.75, 3.05) is 27.7 Å².